The molecule has 0 saturated heterocycles. The van der Waals surface area contributed by atoms with Crippen LogP contribution in [0.2, 0.25) is 0 Å². The lowest BCUT2D eigenvalue weighted by Gasteiger charge is -2.22. The van der Waals surface area contributed by atoms with Gasteiger partial charge >= 0.3 is 12.6 Å². The molecule has 0 amide bonds. The van der Waals surface area contributed by atoms with Crippen LogP contribution in [0, 0.1) is 10.1 Å². The van der Waals surface area contributed by atoms with Crippen molar-refractivity contribution in [1.29, 1.82) is 0 Å². The maximum absolute atomic E-state index is 11.3. The molecular weight excluding hydrogens is 309 g/mol. The lowest BCUT2D eigenvalue weighted by Crippen LogP contribution is -2.34. The fourth-order valence-electron chi connectivity index (χ4n) is 2.60. The molecule has 0 aromatic heterocycles. The molecule has 3 aromatic rings. The quantitative estimate of drug-likeness (QED) is 0.412. The van der Waals surface area contributed by atoms with Gasteiger partial charge in [-0.3, -0.25) is 0 Å². The molecule has 0 aliphatic heterocycles. The van der Waals surface area contributed by atoms with Gasteiger partial charge in [0.1, 0.15) is 15.9 Å². The van der Waals surface area contributed by atoms with Crippen LogP contribution in [0.3, 0.4) is 0 Å². The highest BCUT2D eigenvalue weighted by Gasteiger charge is 2.51. The van der Waals surface area contributed by atoms with Crippen LogP contribution in [0.15, 0.2) is 91.0 Å². The number of hydrogen-bond acceptors (Lipinski definition) is 3. The van der Waals surface area contributed by atoms with Gasteiger partial charge in [-0.05, 0) is 36.4 Å². The molecule has 114 valence electrons. The second kappa shape index (κ2) is 6.59. The first-order valence-electron chi connectivity index (χ1n) is 7.13. The number of hydrogen-bond donors (Lipinski definition) is 0. The Balaban J connectivity index is 2.32. The molecule has 0 bridgehead atoms. The maximum Gasteiger partial charge on any atom is 0.327 e. The summed E-state index contributed by atoms with van der Waals surface area (Å²) in [5.74, 6) is 0. The average molecular weight is 324 g/mol. The maximum atomic E-state index is 11.3. The van der Waals surface area contributed by atoms with Crippen LogP contribution in [0.1, 0.15) is 0 Å². The minimum atomic E-state index is -2.81. The summed E-state index contributed by atoms with van der Waals surface area (Å²) >= 11 is 0. The summed E-state index contributed by atoms with van der Waals surface area (Å²) in [6.07, 6.45) is 0. The van der Waals surface area contributed by atoms with E-state index >= 15 is 0 Å². The highest BCUT2D eigenvalue weighted by atomic mass is 31.2. The molecule has 23 heavy (non-hydrogen) atoms. The highest BCUT2D eigenvalue weighted by molar-refractivity contribution is 7.91. The smallest absolute Gasteiger partial charge is 0.158 e. The first kappa shape index (κ1) is 15.2. The van der Waals surface area contributed by atoms with Crippen molar-refractivity contribution in [2.24, 2.45) is 0 Å². The minimum absolute atomic E-state index is 0.680. The Labute approximate surface area is 134 Å². The zero-order valence-corrected chi connectivity index (χ0v) is 13.2. The first-order valence-corrected chi connectivity index (χ1v) is 8.84. The third kappa shape index (κ3) is 2.94. The third-order valence-electron chi connectivity index (χ3n) is 3.55. The van der Waals surface area contributed by atoms with E-state index in [0.717, 1.165) is 15.9 Å². The predicted molar refractivity (Wildman–Crippen MR) is 93.2 cm³/mol. The van der Waals surface area contributed by atoms with Crippen molar-refractivity contribution in [3.05, 3.63) is 101 Å². The number of benzene rings is 3. The van der Waals surface area contributed by atoms with E-state index < -0.39 is 12.6 Å². The summed E-state index contributed by atoms with van der Waals surface area (Å²) < 4.78 is 5.43. The van der Waals surface area contributed by atoms with E-state index in [4.69, 9.17) is 4.62 Å². The molecule has 0 aliphatic carbocycles. The molecule has 0 spiro atoms. The fourth-order valence-corrected chi connectivity index (χ4v) is 5.76. The molecule has 0 heterocycles. The first-order chi connectivity index (χ1) is 11.2. The summed E-state index contributed by atoms with van der Waals surface area (Å²) in [4.78, 5) is 11.3. The van der Waals surface area contributed by atoms with E-state index in [-0.39, 0.29) is 0 Å². The molecule has 0 atom stereocenters. The van der Waals surface area contributed by atoms with Crippen LogP contribution < -0.4 is 15.9 Å². The van der Waals surface area contributed by atoms with Crippen molar-refractivity contribution in [1.82, 2.24) is 0 Å². The van der Waals surface area contributed by atoms with Crippen molar-refractivity contribution >= 4 is 23.4 Å². The van der Waals surface area contributed by atoms with E-state index in [1.54, 1.807) is 0 Å². The van der Waals surface area contributed by atoms with Gasteiger partial charge in [0.25, 0.3) is 0 Å². The van der Waals surface area contributed by atoms with Gasteiger partial charge in [-0.1, -0.05) is 54.6 Å². The summed E-state index contributed by atoms with van der Waals surface area (Å²) in [7, 11) is -2.81. The highest BCUT2D eigenvalue weighted by Crippen LogP contribution is 2.56. The Kier molecular flexibility index (Phi) is 4.35. The van der Waals surface area contributed by atoms with Crippen molar-refractivity contribution in [3.63, 3.8) is 0 Å². The molecular formula is C18H15NO3P+. The Morgan fingerprint density at radius 2 is 0.957 bits per heavy atom. The van der Waals surface area contributed by atoms with Gasteiger partial charge in [0.05, 0.1) is 0 Å². The topological polar surface area (TPSA) is 52.4 Å². The third-order valence-corrected chi connectivity index (χ3v) is 7.00. The van der Waals surface area contributed by atoms with Crippen molar-refractivity contribution < 1.29 is 9.71 Å². The van der Waals surface area contributed by atoms with E-state index in [1.165, 1.54) is 0 Å². The summed E-state index contributed by atoms with van der Waals surface area (Å²) in [6, 6.07) is 28.2. The van der Waals surface area contributed by atoms with Gasteiger partial charge in [0.15, 0.2) is 0 Å². The van der Waals surface area contributed by atoms with E-state index in [0.29, 0.717) is 0 Å². The van der Waals surface area contributed by atoms with Crippen molar-refractivity contribution in [3.8, 4) is 0 Å². The molecule has 0 fully saturated rings. The predicted octanol–water partition coefficient (Wildman–Crippen LogP) is 3.10. The van der Waals surface area contributed by atoms with Crippen molar-refractivity contribution in [2.45, 2.75) is 0 Å². The minimum Gasteiger partial charge on any atom is -0.158 e. The van der Waals surface area contributed by atoms with Gasteiger partial charge in [-0.2, -0.15) is 4.62 Å². The SMILES string of the molecule is O=[N+]([O-])O[P+](c1ccccc1)(c1ccccc1)c1ccccc1. The number of nitrogens with zero attached hydrogens (tertiary/aromatic N) is 1. The lowest BCUT2D eigenvalue weighted by atomic mass is 10.4. The standard InChI is InChI=1S/C18H15NO3P/c20-19(21)22-23(16-10-4-1-5-11-16,17-12-6-2-7-13-17)18-14-8-3-9-15-18/h1-15H/q+1. The monoisotopic (exact) mass is 324 g/mol. The van der Waals surface area contributed by atoms with Gasteiger partial charge < -0.3 is 0 Å². The van der Waals surface area contributed by atoms with E-state index in [1.807, 2.05) is 91.0 Å². The Bertz CT molecular complexity index is 682. The summed E-state index contributed by atoms with van der Waals surface area (Å²) in [6.45, 7) is 0. The second-order valence-electron chi connectivity index (χ2n) is 4.92. The number of rotatable bonds is 5. The lowest BCUT2D eigenvalue weighted by molar-refractivity contribution is -0.712. The van der Waals surface area contributed by atoms with Crippen LogP contribution in [0.25, 0.3) is 0 Å². The zero-order valence-electron chi connectivity index (χ0n) is 12.3. The normalized spacial score (nSPS) is 11.0. The van der Waals surface area contributed by atoms with Crippen LogP contribution >= 0.6 is 7.49 Å². The molecule has 5 heteroatoms. The van der Waals surface area contributed by atoms with Gasteiger partial charge in [-0.15, -0.1) is 10.1 Å². The summed E-state index contributed by atoms with van der Waals surface area (Å²) in [5, 5.41) is 13.1. The Hall–Kier alpha value is -2.71. The molecule has 3 rings (SSSR count). The van der Waals surface area contributed by atoms with Crippen molar-refractivity contribution in [2.75, 3.05) is 0 Å². The van der Waals surface area contributed by atoms with Crippen LogP contribution in [-0.2, 0) is 4.62 Å². The second-order valence-corrected chi connectivity index (χ2v) is 7.85. The zero-order chi connectivity index (χ0) is 16.1. The molecule has 0 radical (unpaired) electrons. The van der Waals surface area contributed by atoms with Crippen LogP contribution in [0.4, 0.5) is 0 Å². The van der Waals surface area contributed by atoms with Gasteiger partial charge in [-0.25, -0.2) is 0 Å². The molecule has 0 N–H and O–H groups in total. The van der Waals surface area contributed by atoms with Gasteiger partial charge in [0, 0.05) is 0 Å². The van der Waals surface area contributed by atoms with E-state index in [9.17, 15) is 10.1 Å². The van der Waals surface area contributed by atoms with Crippen LogP contribution in [0.5, 0.6) is 0 Å². The average Bonchev–Trinajstić information content (AvgIpc) is 2.62. The van der Waals surface area contributed by atoms with E-state index in [2.05, 4.69) is 0 Å². The van der Waals surface area contributed by atoms with Crippen LogP contribution in [-0.4, -0.2) is 5.09 Å². The molecule has 0 unspecified atom stereocenters. The molecule has 0 aliphatic rings. The van der Waals surface area contributed by atoms with Gasteiger partial charge in [0.2, 0.25) is 0 Å². The largest absolute Gasteiger partial charge is 0.327 e. The molecule has 0 saturated carbocycles. The molecule has 4 nitrogen and oxygen atoms in total. The summed E-state index contributed by atoms with van der Waals surface area (Å²) in [5.41, 5.74) is 0. The Morgan fingerprint density at radius 1 is 0.652 bits per heavy atom. The Morgan fingerprint density at radius 3 is 1.22 bits per heavy atom. The fraction of sp³-hybridized carbons (Fsp3) is 0. The molecule has 3 aromatic carbocycles.